The Labute approximate surface area is 89.6 Å². The number of aromatic nitrogens is 1. The molecule has 0 aliphatic rings. The monoisotopic (exact) mass is 244 g/mol. The smallest absolute Gasteiger partial charge is 0.150 e. The van der Waals surface area contributed by atoms with E-state index in [4.69, 9.17) is 52.1 Å². The first-order valence-electron chi connectivity index (χ1n) is 2.92. The Balaban J connectivity index is 3.39. The highest BCUT2D eigenvalue weighted by Gasteiger charge is 2.12. The van der Waals surface area contributed by atoms with E-state index in [0.29, 0.717) is 5.69 Å². The fourth-order valence-electron chi connectivity index (χ4n) is 0.668. The third-order valence-electron chi connectivity index (χ3n) is 1.27. The molecule has 0 unspecified atom stereocenters. The summed E-state index contributed by atoms with van der Waals surface area (Å²) >= 11 is 22.6. The van der Waals surface area contributed by atoms with Gasteiger partial charge in [0.2, 0.25) is 0 Å². The van der Waals surface area contributed by atoms with Gasteiger partial charge in [0.1, 0.15) is 10.2 Å². The zero-order valence-corrected chi connectivity index (χ0v) is 8.77. The van der Waals surface area contributed by atoms with E-state index in [2.05, 4.69) is 4.98 Å². The van der Waals surface area contributed by atoms with Crippen molar-refractivity contribution >= 4 is 52.1 Å². The summed E-state index contributed by atoms with van der Waals surface area (Å²) in [6.07, 6.45) is 0. The van der Waals surface area contributed by atoms with Crippen molar-refractivity contribution in [1.82, 2.24) is 4.98 Å². The number of hydrogen-bond donors (Lipinski definition) is 1. The zero-order valence-electron chi connectivity index (χ0n) is 5.74. The second kappa shape index (κ2) is 3.88. The van der Waals surface area contributed by atoms with Gasteiger partial charge in [-0.05, 0) is 0 Å². The van der Waals surface area contributed by atoms with Crippen LogP contribution in [0.1, 0.15) is 5.69 Å². The van der Waals surface area contributed by atoms with Crippen molar-refractivity contribution < 1.29 is 0 Å². The molecule has 6 heteroatoms. The first-order valence-corrected chi connectivity index (χ1v) is 4.59. The highest BCUT2D eigenvalue weighted by molar-refractivity contribution is 6.45. The van der Waals surface area contributed by atoms with Crippen LogP contribution in [0.5, 0.6) is 0 Å². The number of nitrogen functional groups attached to an aromatic ring is 1. The molecule has 2 nitrogen and oxygen atoms in total. The van der Waals surface area contributed by atoms with Crippen LogP contribution in [0.25, 0.3) is 0 Å². The Morgan fingerprint density at radius 3 is 2.25 bits per heavy atom. The number of rotatable bonds is 1. The molecular weight excluding hydrogens is 242 g/mol. The maximum Gasteiger partial charge on any atom is 0.150 e. The van der Waals surface area contributed by atoms with E-state index >= 15 is 0 Å². The summed E-state index contributed by atoms with van der Waals surface area (Å²) in [5.41, 5.74) is 6.16. The van der Waals surface area contributed by atoms with Gasteiger partial charge in [-0.2, -0.15) is 0 Å². The number of nitrogens with zero attached hydrogens (tertiary/aromatic N) is 1. The van der Waals surface area contributed by atoms with Crippen LogP contribution in [0.4, 0.5) is 5.69 Å². The predicted octanol–water partition coefficient (Wildman–Crippen LogP) is 3.36. The molecule has 0 spiro atoms. The predicted molar refractivity (Wildman–Crippen MR) is 53.2 cm³/mol. The molecule has 0 bridgehead atoms. The van der Waals surface area contributed by atoms with Gasteiger partial charge in [-0.3, -0.25) is 0 Å². The minimum Gasteiger partial charge on any atom is -0.396 e. The topological polar surface area (TPSA) is 38.9 Å². The third kappa shape index (κ3) is 1.72. The van der Waals surface area contributed by atoms with E-state index in [1.54, 1.807) is 0 Å². The SMILES string of the molecule is Nc1c(Cl)c(Cl)nc(CCl)c1Cl. The van der Waals surface area contributed by atoms with Gasteiger partial charge >= 0.3 is 0 Å². The molecule has 0 aliphatic carbocycles. The molecule has 0 amide bonds. The minimum absolute atomic E-state index is 0.120. The maximum atomic E-state index is 5.76. The summed E-state index contributed by atoms with van der Waals surface area (Å²) in [6, 6.07) is 0. The third-order valence-corrected chi connectivity index (χ3v) is 2.69. The average Bonchev–Trinajstić information content (AvgIpc) is 2.08. The van der Waals surface area contributed by atoms with E-state index in [1.165, 1.54) is 0 Å². The Morgan fingerprint density at radius 1 is 1.17 bits per heavy atom. The highest BCUT2D eigenvalue weighted by atomic mass is 35.5. The summed E-state index contributed by atoms with van der Waals surface area (Å²) in [5.74, 6) is 0.153. The number of alkyl halides is 1. The van der Waals surface area contributed by atoms with Gasteiger partial charge in [-0.25, -0.2) is 4.98 Å². The van der Waals surface area contributed by atoms with Crippen LogP contribution in [0.2, 0.25) is 15.2 Å². The number of hydrogen-bond acceptors (Lipinski definition) is 2. The van der Waals surface area contributed by atoms with Crippen LogP contribution < -0.4 is 5.73 Å². The summed E-state index contributed by atoms with van der Waals surface area (Å²) in [5, 5.41) is 0.546. The zero-order chi connectivity index (χ0) is 9.30. The van der Waals surface area contributed by atoms with E-state index < -0.39 is 0 Å². The molecule has 0 fully saturated rings. The summed E-state index contributed by atoms with van der Waals surface area (Å²) in [4.78, 5) is 3.84. The summed E-state index contributed by atoms with van der Waals surface area (Å²) in [7, 11) is 0. The molecule has 66 valence electrons. The van der Waals surface area contributed by atoms with Crippen molar-refractivity contribution in [1.29, 1.82) is 0 Å². The molecule has 2 N–H and O–H groups in total. The van der Waals surface area contributed by atoms with E-state index in [1.807, 2.05) is 0 Å². The lowest BCUT2D eigenvalue weighted by atomic mass is 10.3. The summed E-state index contributed by atoms with van der Waals surface area (Å²) < 4.78 is 0. The van der Waals surface area contributed by atoms with Crippen LogP contribution in [-0.4, -0.2) is 4.98 Å². The number of halogens is 4. The van der Waals surface area contributed by atoms with Crippen molar-refractivity contribution in [3.8, 4) is 0 Å². The van der Waals surface area contributed by atoms with Crippen LogP contribution in [-0.2, 0) is 5.88 Å². The Morgan fingerprint density at radius 2 is 1.75 bits per heavy atom. The highest BCUT2D eigenvalue weighted by Crippen LogP contribution is 2.34. The molecule has 0 aliphatic heterocycles. The first kappa shape index (κ1) is 10.2. The summed E-state index contributed by atoms with van der Waals surface area (Å²) in [6.45, 7) is 0. The van der Waals surface area contributed by atoms with Gasteiger partial charge in [0.15, 0.2) is 0 Å². The molecule has 12 heavy (non-hydrogen) atoms. The quantitative estimate of drug-likeness (QED) is 0.609. The standard InChI is InChI=1S/C6H4Cl4N2/c7-1-2-3(8)5(11)4(9)6(10)12-2/h1H2,(H2,11,12). The minimum atomic E-state index is 0.120. The van der Waals surface area contributed by atoms with Gasteiger partial charge in [0.25, 0.3) is 0 Å². The van der Waals surface area contributed by atoms with E-state index in [-0.39, 0.29) is 26.8 Å². The van der Waals surface area contributed by atoms with Gasteiger partial charge in [-0.1, -0.05) is 34.8 Å². The molecule has 0 radical (unpaired) electrons. The molecule has 1 aromatic heterocycles. The lowest BCUT2D eigenvalue weighted by Crippen LogP contribution is -1.96. The fraction of sp³-hybridized carbons (Fsp3) is 0.167. The Kier molecular flexibility index (Phi) is 3.29. The molecule has 0 saturated heterocycles. The van der Waals surface area contributed by atoms with Gasteiger partial charge < -0.3 is 5.73 Å². The van der Waals surface area contributed by atoms with Crippen LogP contribution >= 0.6 is 46.4 Å². The molecule has 1 rings (SSSR count). The van der Waals surface area contributed by atoms with Crippen LogP contribution in [0.3, 0.4) is 0 Å². The van der Waals surface area contributed by atoms with E-state index in [9.17, 15) is 0 Å². The molecule has 0 saturated carbocycles. The van der Waals surface area contributed by atoms with Crippen molar-refractivity contribution in [2.24, 2.45) is 0 Å². The Bertz CT molecular complexity index is 313. The average molecular weight is 246 g/mol. The fourth-order valence-corrected chi connectivity index (χ4v) is 1.52. The largest absolute Gasteiger partial charge is 0.396 e. The molecule has 1 heterocycles. The number of nitrogens with two attached hydrogens (primary N) is 1. The van der Waals surface area contributed by atoms with E-state index in [0.717, 1.165) is 0 Å². The first-order chi connectivity index (χ1) is 5.57. The van der Waals surface area contributed by atoms with Crippen molar-refractivity contribution in [3.63, 3.8) is 0 Å². The Hall–Kier alpha value is 0.110. The second-order valence-electron chi connectivity index (χ2n) is 2.02. The number of anilines is 1. The van der Waals surface area contributed by atoms with Gasteiger partial charge in [0, 0.05) is 0 Å². The molecule has 1 aromatic rings. The van der Waals surface area contributed by atoms with Crippen LogP contribution in [0, 0.1) is 0 Å². The lowest BCUT2D eigenvalue weighted by Gasteiger charge is -2.05. The van der Waals surface area contributed by atoms with Crippen molar-refractivity contribution in [2.45, 2.75) is 5.88 Å². The van der Waals surface area contributed by atoms with Crippen LogP contribution in [0.15, 0.2) is 0 Å². The van der Waals surface area contributed by atoms with Gasteiger partial charge in [0.05, 0.1) is 22.3 Å². The number of pyridine rings is 1. The maximum absolute atomic E-state index is 5.76. The van der Waals surface area contributed by atoms with Crippen molar-refractivity contribution in [3.05, 3.63) is 20.9 Å². The molecule has 0 aromatic carbocycles. The lowest BCUT2D eigenvalue weighted by molar-refractivity contribution is 1.17. The van der Waals surface area contributed by atoms with Gasteiger partial charge in [-0.15, -0.1) is 11.6 Å². The van der Waals surface area contributed by atoms with Crippen molar-refractivity contribution in [2.75, 3.05) is 5.73 Å². The second-order valence-corrected chi connectivity index (χ2v) is 3.41. The normalized spacial score (nSPS) is 10.3. The molecular formula is C6H4Cl4N2. The molecule has 0 atom stereocenters.